The van der Waals surface area contributed by atoms with Gasteiger partial charge in [-0.05, 0) is 18.9 Å². The Morgan fingerprint density at radius 1 is 1.28 bits per heavy atom. The Kier molecular flexibility index (Phi) is 4.78. The smallest absolute Gasteiger partial charge is 0.208 e. The fourth-order valence-electron chi connectivity index (χ4n) is 1.52. The third-order valence-electron chi connectivity index (χ3n) is 2.55. The zero-order valence-corrected chi connectivity index (χ0v) is 11.2. The lowest BCUT2D eigenvalue weighted by molar-refractivity contribution is 0.276. The lowest BCUT2D eigenvalue weighted by Gasteiger charge is -1.99. The summed E-state index contributed by atoms with van der Waals surface area (Å²) >= 11 is 1.63. The summed E-state index contributed by atoms with van der Waals surface area (Å²) in [6, 6.07) is 8.49. The van der Waals surface area contributed by atoms with Crippen LogP contribution in [0.5, 0.6) is 0 Å². The van der Waals surface area contributed by atoms with Crippen molar-refractivity contribution in [3.63, 3.8) is 0 Å². The van der Waals surface area contributed by atoms with Crippen LogP contribution < -0.4 is 0 Å². The molecular formula is C13H17N3OS. The van der Waals surface area contributed by atoms with Crippen LogP contribution in [-0.2, 0) is 12.3 Å². The minimum atomic E-state index is 0.186. The number of aliphatic hydroxyl groups excluding tert-OH is 1. The SMILES string of the molecule is Cc1ccc(CSc2ncn(CCCO)n2)cc1. The summed E-state index contributed by atoms with van der Waals surface area (Å²) in [7, 11) is 0. The predicted molar refractivity (Wildman–Crippen MR) is 72.5 cm³/mol. The van der Waals surface area contributed by atoms with Gasteiger partial charge in [-0.3, -0.25) is 4.68 Å². The van der Waals surface area contributed by atoms with Crippen LogP contribution in [0.4, 0.5) is 0 Å². The number of benzene rings is 1. The van der Waals surface area contributed by atoms with Crippen molar-refractivity contribution in [2.45, 2.75) is 30.8 Å². The average molecular weight is 263 g/mol. The predicted octanol–water partition coefficient (Wildman–Crippen LogP) is 2.26. The van der Waals surface area contributed by atoms with E-state index in [9.17, 15) is 0 Å². The molecule has 0 bridgehead atoms. The first-order valence-corrected chi connectivity index (χ1v) is 6.95. The Labute approximate surface area is 111 Å². The van der Waals surface area contributed by atoms with Gasteiger partial charge in [-0.1, -0.05) is 41.6 Å². The molecular weight excluding hydrogens is 246 g/mol. The molecule has 96 valence electrons. The molecule has 0 fully saturated rings. The molecule has 0 saturated heterocycles. The van der Waals surface area contributed by atoms with E-state index in [1.807, 2.05) is 0 Å². The summed E-state index contributed by atoms with van der Waals surface area (Å²) < 4.78 is 1.77. The number of hydrogen-bond acceptors (Lipinski definition) is 4. The van der Waals surface area contributed by atoms with Crippen LogP contribution >= 0.6 is 11.8 Å². The number of rotatable bonds is 6. The van der Waals surface area contributed by atoms with Crippen LogP contribution in [0.1, 0.15) is 17.5 Å². The highest BCUT2D eigenvalue weighted by molar-refractivity contribution is 7.98. The first kappa shape index (κ1) is 13.1. The molecule has 0 saturated carbocycles. The maximum atomic E-state index is 8.74. The molecule has 18 heavy (non-hydrogen) atoms. The van der Waals surface area contributed by atoms with E-state index in [0.717, 1.165) is 10.9 Å². The summed E-state index contributed by atoms with van der Waals surface area (Å²) in [5, 5.41) is 13.9. The van der Waals surface area contributed by atoms with E-state index in [-0.39, 0.29) is 6.61 Å². The fourth-order valence-corrected chi connectivity index (χ4v) is 2.29. The van der Waals surface area contributed by atoms with Gasteiger partial charge < -0.3 is 5.11 Å². The first-order valence-electron chi connectivity index (χ1n) is 5.96. The summed E-state index contributed by atoms with van der Waals surface area (Å²) in [4.78, 5) is 4.23. The molecule has 0 spiro atoms. The Bertz CT molecular complexity index is 481. The van der Waals surface area contributed by atoms with Gasteiger partial charge in [-0.2, -0.15) is 0 Å². The molecule has 0 atom stereocenters. The molecule has 5 heteroatoms. The van der Waals surface area contributed by atoms with Crippen molar-refractivity contribution in [3.8, 4) is 0 Å². The molecule has 4 nitrogen and oxygen atoms in total. The lowest BCUT2D eigenvalue weighted by Crippen LogP contribution is -2.00. The van der Waals surface area contributed by atoms with Gasteiger partial charge >= 0.3 is 0 Å². The van der Waals surface area contributed by atoms with Gasteiger partial charge in [0.1, 0.15) is 6.33 Å². The number of hydrogen-bond donors (Lipinski definition) is 1. The summed E-state index contributed by atoms with van der Waals surface area (Å²) in [5.74, 6) is 0.879. The number of aryl methyl sites for hydroxylation is 2. The van der Waals surface area contributed by atoms with Crippen LogP contribution in [0, 0.1) is 6.92 Å². The molecule has 0 amide bonds. The van der Waals surface area contributed by atoms with Gasteiger partial charge in [0, 0.05) is 18.9 Å². The van der Waals surface area contributed by atoms with Crippen molar-refractivity contribution in [1.29, 1.82) is 0 Å². The van der Waals surface area contributed by atoms with Crippen molar-refractivity contribution < 1.29 is 5.11 Å². The second kappa shape index (κ2) is 6.56. The molecule has 0 unspecified atom stereocenters. The Morgan fingerprint density at radius 2 is 2.06 bits per heavy atom. The van der Waals surface area contributed by atoms with Crippen LogP contribution in [-0.4, -0.2) is 26.5 Å². The Balaban J connectivity index is 1.86. The molecule has 0 aliphatic heterocycles. The topological polar surface area (TPSA) is 50.9 Å². The fraction of sp³-hybridized carbons (Fsp3) is 0.385. The van der Waals surface area contributed by atoms with E-state index in [4.69, 9.17) is 5.11 Å². The van der Waals surface area contributed by atoms with Crippen molar-refractivity contribution in [2.24, 2.45) is 0 Å². The lowest BCUT2D eigenvalue weighted by atomic mass is 10.2. The third-order valence-corrected chi connectivity index (χ3v) is 3.47. The van der Waals surface area contributed by atoms with E-state index < -0.39 is 0 Å². The average Bonchev–Trinajstić information content (AvgIpc) is 2.84. The van der Waals surface area contributed by atoms with E-state index in [1.165, 1.54) is 11.1 Å². The van der Waals surface area contributed by atoms with E-state index >= 15 is 0 Å². The van der Waals surface area contributed by atoms with Gasteiger partial charge in [-0.25, -0.2) is 4.98 Å². The number of thioether (sulfide) groups is 1. The number of aromatic nitrogens is 3. The van der Waals surface area contributed by atoms with E-state index in [0.29, 0.717) is 13.0 Å². The van der Waals surface area contributed by atoms with Gasteiger partial charge in [0.25, 0.3) is 0 Å². The zero-order valence-electron chi connectivity index (χ0n) is 10.4. The number of nitrogens with zero attached hydrogens (tertiary/aromatic N) is 3. The maximum absolute atomic E-state index is 8.74. The minimum absolute atomic E-state index is 0.186. The van der Waals surface area contributed by atoms with E-state index in [1.54, 1.807) is 22.8 Å². The summed E-state index contributed by atoms with van der Waals surface area (Å²) in [6.07, 6.45) is 2.43. The van der Waals surface area contributed by atoms with E-state index in [2.05, 4.69) is 41.3 Å². The molecule has 0 radical (unpaired) electrons. The van der Waals surface area contributed by atoms with Crippen molar-refractivity contribution in [3.05, 3.63) is 41.7 Å². The van der Waals surface area contributed by atoms with Gasteiger partial charge in [0.05, 0.1) is 0 Å². The highest BCUT2D eigenvalue weighted by atomic mass is 32.2. The van der Waals surface area contributed by atoms with Crippen LogP contribution in [0.2, 0.25) is 0 Å². The Morgan fingerprint density at radius 3 is 2.78 bits per heavy atom. The molecule has 0 aliphatic rings. The standard InChI is InChI=1S/C13H17N3OS/c1-11-3-5-12(6-4-11)9-18-13-14-10-16(15-13)7-2-8-17/h3-6,10,17H,2,7-9H2,1H3. The minimum Gasteiger partial charge on any atom is -0.396 e. The monoisotopic (exact) mass is 263 g/mol. The molecule has 1 N–H and O–H groups in total. The van der Waals surface area contributed by atoms with Gasteiger partial charge in [0.15, 0.2) is 0 Å². The molecule has 0 aliphatic carbocycles. The highest BCUT2D eigenvalue weighted by Crippen LogP contribution is 2.18. The second-order valence-electron chi connectivity index (χ2n) is 4.14. The largest absolute Gasteiger partial charge is 0.396 e. The second-order valence-corrected chi connectivity index (χ2v) is 5.08. The van der Waals surface area contributed by atoms with Crippen molar-refractivity contribution in [2.75, 3.05) is 6.61 Å². The van der Waals surface area contributed by atoms with Crippen LogP contribution in [0.3, 0.4) is 0 Å². The third kappa shape index (κ3) is 3.85. The quantitative estimate of drug-likeness (QED) is 0.812. The molecule has 1 aromatic heterocycles. The maximum Gasteiger partial charge on any atom is 0.208 e. The molecule has 2 aromatic rings. The Hall–Kier alpha value is -1.33. The van der Waals surface area contributed by atoms with Crippen molar-refractivity contribution in [1.82, 2.24) is 14.8 Å². The van der Waals surface area contributed by atoms with Gasteiger partial charge in [-0.15, -0.1) is 5.10 Å². The zero-order chi connectivity index (χ0) is 12.8. The first-order chi connectivity index (χ1) is 8.78. The summed E-state index contributed by atoms with van der Waals surface area (Å²) in [6.45, 7) is 2.99. The normalized spacial score (nSPS) is 10.8. The van der Waals surface area contributed by atoms with Crippen LogP contribution in [0.25, 0.3) is 0 Å². The highest BCUT2D eigenvalue weighted by Gasteiger charge is 2.02. The molecule has 2 rings (SSSR count). The summed E-state index contributed by atoms with van der Waals surface area (Å²) in [5.41, 5.74) is 2.55. The number of aliphatic hydroxyl groups is 1. The molecule has 1 heterocycles. The molecule has 1 aromatic carbocycles. The van der Waals surface area contributed by atoms with Crippen molar-refractivity contribution >= 4 is 11.8 Å². The van der Waals surface area contributed by atoms with Gasteiger partial charge in [0.2, 0.25) is 5.16 Å². The van der Waals surface area contributed by atoms with Crippen LogP contribution in [0.15, 0.2) is 35.7 Å².